The highest BCUT2D eigenvalue weighted by molar-refractivity contribution is 6.31. The molecule has 0 N–H and O–H groups in total. The highest BCUT2D eigenvalue weighted by Gasteiger charge is 2.08. The summed E-state index contributed by atoms with van der Waals surface area (Å²) in [7, 11) is 0. The summed E-state index contributed by atoms with van der Waals surface area (Å²) in [5, 5.41) is 9.61. The molecule has 0 spiro atoms. The lowest BCUT2D eigenvalue weighted by atomic mass is 10.2. The van der Waals surface area contributed by atoms with E-state index in [2.05, 4.69) is 15.2 Å². The Balaban J connectivity index is 1.70. The zero-order valence-corrected chi connectivity index (χ0v) is 14.6. The van der Waals surface area contributed by atoms with Crippen LogP contribution in [0.15, 0.2) is 70.8 Å². The first kappa shape index (κ1) is 16.2. The van der Waals surface area contributed by atoms with Crippen LogP contribution in [0.4, 0.5) is 0 Å². The minimum atomic E-state index is -0.240. The SMILES string of the molecule is Cc1nc2cc(Cl)ccc2c(=O)n1/N=C\c1cnn(-c2ccccc2)c1. The van der Waals surface area contributed by atoms with Crippen molar-refractivity contribution in [2.75, 3.05) is 0 Å². The van der Waals surface area contributed by atoms with E-state index in [-0.39, 0.29) is 5.56 Å². The molecule has 0 saturated heterocycles. The van der Waals surface area contributed by atoms with E-state index in [1.165, 1.54) is 4.68 Å². The average molecular weight is 364 g/mol. The predicted molar refractivity (Wildman–Crippen MR) is 102 cm³/mol. The van der Waals surface area contributed by atoms with Crippen LogP contribution in [0.2, 0.25) is 5.02 Å². The first-order chi connectivity index (χ1) is 12.6. The molecule has 0 amide bonds. The van der Waals surface area contributed by atoms with Crippen molar-refractivity contribution in [1.29, 1.82) is 0 Å². The Morgan fingerprint density at radius 2 is 1.96 bits per heavy atom. The van der Waals surface area contributed by atoms with Gasteiger partial charge in [0.25, 0.3) is 5.56 Å². The van der Waals surface area contributed by atoms with E-state index in [9.17, 15) is 4.79 Å². The van der Waals surface area contributed by atoms with E-state index in [0.29, 0.717) is 21.7 Å². The van der Waals surface area contributed by atoms with Crippen molar-refractivity contribution in [2.24, 2.45) is 5.10 Å². The number of benzene rings is 2. The van der Waals surface area contributed by atoms with Crippen molar-refractivity contribution in [3.05, 3.63) is 87.7 Å². The third-order valence-corrected chi connectivity index (χ3v) is 4.15. The summed E-state index contributed by atoms with van der Waals surface area (Å²) in [6.45, 7) is 1.73. The number of halogens is 1. The molecular formula is C19H14ClN5O. The number of aromatic nitrogens is 4. The van der Waals surface area contributed by atoms with Crippen LogP contribution in [-0.2, 0) is 0 Å². The van der Waals surface area contributed by atoms with Gasteiger partial charge in [0, 0.05) is 16.8 Å². The van der Waals surface area contributed by atoms with Crippen LogP contribution in [0.25, 0.3) is 16.6 Å². The Bertz CT molecular complexity index is 1180. The van der Waals surface area contributed by atoms with Gasteiger partial charge in [0.05, 0.1) is 29.0 Å². The minimum Gasteiger partial charge on any atom is -0.267 e. The van der Waals surface area contributed by atoms with Gasteiger partial charge in [-0.25, -0.2) is 9.67 Å². The maximum Gasteiger partial charge on any atom is 0.282 e. The molecule has 6 nitrogen and oxygen atoms in total. The van der Waals surface area contributed by atoms with E-state index in [0.717, 1.165) is 11.3 Å². The van der Waals surface area contributed by atoms with Crippen molar-refractivity contribution in [3.8, 4) is 5.69 Å². The van der Waals surface area contributed by atoms with Gasteiger partial charge in [-0.2, -0.15) is 14.9 Å². The van der Waals surface area contributed by atoms with Crippen LogP contribution in [-0.4, -0.2) is 25.7 Å². The molecular weight excluding hydrogens is 350 g/mol. The molecule has 4 rings (SSSR count). The Hall–Kier alpha value is -3.25. The van der Waals surface area contributed by atoms with Crippen molar-refractivity contribution < 1.29 is 0 Å². The molecule has 26 heavy (non-hydrogen) atoms. The smallest absolute Gasteiger partial charge is 0.267 e. The second-order valence-corrected chi connectivity index (χ2v) is 6.17. The summed E-state index contributed by atoms with van der Waals surface area (Å²) in [4.78, 5) is 17.1. The molecule has 0 bridgehead atoms. The molecule has 0 fully saturated rings. The third-order valence-electron chi connectivity index (χ3n) is 3.92. The fraction of sp³-hybridized carbons (Fsp3) is 0.0526. The maximum atomic E-state index is 12.7. The van der Waals surface area contributed by atoms with Crippen LogP contribution in [0.1, 0.15) is 11.4 Å². The molecule has 0 aliphatic carbocycles. The Morgan fingerprint density at radius 1 is 1.15 bits per heavy atom. The Kier molecular flexibility index (Phi) is 4.10. The summed E-state index contributed by atoms with van der Waals surface area (Å²) in [5.41, 5.74) is 2.04. The van der Waals surface area contributed by atoms with Gasteiger partial charge in [-0.1, -0.05) is 29.8 Å². The largest absolute Gasteiger partial charge is 0.282 e. The number of para-hydroxylation sites is 1. The highest BCUT2D eigenvalue weighted by atomic mass is 35.5. The first-order valence-corrected chi connectivity index (χ1v) is 8.33. The van der Waals surface area contributed by atoms with E-state index in [4.69, 9.17) is 11.6 Å². The van der Waals surface area contributed by atoms with Crippen LogP contribution < -0.4 is 5.56 Å². The molecule has 128 valence electrons. The summed E-state index contributed by atoms with van der Waals surface area (Å²) in [5.74, 6) is 0.483. The van der Waals surface area contributed by atoms with Gasteiger partial charge in [0.1, 0.15) is 5.82 Å². The Labute approximate surface area is 154 Å². The molecule has 0 saturated carbocycles. The highest BCUT2D eigenvalue weighted by Crippen LogP contribution is 2.15. The fourth-order valence-electron chi connectivity index (χ4n) is 2.65. The summed E-state index contributed by atoms with van der Waals surface area (Å²) >= 11 is 5.97. The molecule has 2 heterocycles. The second-order valence-electron chi connectivity index (χ2n) is 5.74. The summed E-state index contributed by atoms with van der Waals surface area (Å²) in [6, 6.07) is 14.8. The quantitative estimate of drug-likeness (QED) is 0.524. The number of nitrogens with zero attached hydrogens (tertiary/aromatic N) is 5. The number of hydrogen-bond donors (Lipinski definition) is 0. The molecule has 0 unspecified atom stereocenters. The number of hydrogen-bond acceptors (Lipinski definition) is 4. The number of rotatable bonds is 3. The van der Waals surface area contributed by atoms with Gasteiger partial charge in [0.15, 0.2) is 0 Å². The lowest BCUT2D eigenvalue weighted by Crippen LogP contribution is -2.20. The van der Waals surface area contributed by atoms with Crippen molar-refractivity contribution in [3.63, 3.8) is 0 Å². The van der Waals surface area contributed by atoms with Gasteiger partial charge < -0.3 is 0 Å². The number of fused-ring (bicyclic) bond motifs is 1. The average Bonchev–Trinajstić information content (AvgIpc) is 3.11. The monoisotopic (exact) mass is 363 g/mol. The van der Waals surface area contributed by atoms with Crippen LogP contribution in [0.5, 0.6) is 0 Å². The van der Waals surface area contributed by atoms with Crippen LogP contribution >= 0.6 is 11.6 Å². The van der Waals surface area contributed by atoms with Gasteiger partial charge in [-0.05, 0) is 37.3 Å². The molecule has 0 radical (unpaired) electrons. The summed E-state index contributed by atoms with van der Waals surface area (Å²) < 4.78 is 3.02. The van der Waals surface area contributed by atoms with Crippen LogP contribution in [0.3, 0.4) is 0 Å². The van der Waals surface area contributed by atoms with E-state index in [1.54, 1.807) is 42.2 Å². The molecule has 2 aromatic heterocycles. The van der Waals surface area contributed by atoms with E-state index < -0.39 is 0 Å². The standard InChI is InChI=1S/C19H14ClN5O/c1-13-23-18-9-15(20)7-8-17(18)19(26)25(13)22-11-14-10-21-24(12-14)16-5-3-2-4-6-16/h2-12H,1H3/b22-11-. The van der Waals surface area contributed by atoms with Crippen LogP contribution in [0, 0.1) is 6.92 Å². The zero-order valence-electron chi connectivity index (χ0n) is 13.9. The van der Waals surface area contributed by atoms with E-state index >= 15 is 0 Å². The summed E-state index contributed by atoms with van der Waals surface area (Å²) in [6.07, 6.45) is 5.11. The molecule has 4 aromatic rings. The van der Waals surface area contributed by atoms with Crippen molar-refractivity contribution >= 4 is 28.7 Å². The van der Waals surface area contributed by atoms with E-state index in [1.807, 2.05) is 36.5 Å². The van der Waals surface area contributed by atoms with Crippen molar-refractivity contribution in [1.82, 2.24) is 19.4 Å². The lowest BCUT2D eigenvalue weighted by Gasteiger charge is -2.05. The second kappa shape index (κ2) is 6.57. The maximum absolute atomic E-state index is 12.7. The van der Waals surface area contributed by atoms with Gasteiger partial charge in [-0.3, -0.25) is 4.79 Å². The third kappa shape index (κ3) is 3.02. The molecule has 0 aliphatic rings. The first-order valence-electron chi connectivity index (χ1n) is 7.95. The Morgan fingerprint density at radius 3 is 2.77 bits per heavy atom. The van der Waals surface area contributed by atoms with Gasteiger partial charge in [0.2, 0.25) is 0 Å². The minimum absolute atomic E-state index is 0.240. The normalized spacial score (nSPS) is 11.5. The van der Waals surface area contributed by atoms with Gasteiger partial charge in [-0.15, -0.1) is 0 Å². The molecule has 7 heteroatoms. The lowest BCUT2D eigenvalue weighted by molar-refractivity contribution is 0.771. The van der Waals surface area contributed by atoms with Gasteiger partial charge >= 0.3 is 0 Å². The molecule has 0 atom stereocenters. The number of aryl methyl sites for hydroxylation is 1. The fourth-order valence-corrected chi connectivity index (χ4v) is 2.81. The zero-order chi connectivity index (χ0) is 18.1. The topological polar surface area (TPSA) is 65.1 Å². The van der Waals surface area contributed by atoms with Crippen molar-refractivity contribution in [2.45, 2.75) is 6.92 Å². The molecule has 2 aromatic carbocycles. The predicted octanol–water partition coefficient (Wildman–Crippen LogP) is 3.43. The molecule has 0 aliphatic heterocycles.